The summed E-state index contributed by atoms with van der Waals surface area (Å²) >= 11 is 3.00. The van der Waals surface area contributed by atoms with Crippen LogP contribution in [0.2, 0.25) is 0 Å². The Balaban J connectivity index is 1.37. The molecule has 0 atom stereocenters. The summed E-state index contributed by atoms with van der Waals surface area (Å²) in [5.41, 5.74) is 3.89. The molecule has 0 saturated heterocycles. The lowest BCUT2D eigenvalue weighted by atomic mass is 9.69. The van der Waals surface area contributed by atoms with Crippen molar-refractivity contribution in [1.29, 1.82) is 0 Å². The van der Waals surface area contributed by atoms with Gasteiger partial charge in [-0.2, -0.15) is 0 Å². The van der Waals surface area contributed by atoms with Crippen LogP contribution >= 0.6 is 23.3 Å². The number of rotatable bonds is 7. The molecule has 0 bridgehead atoms. The highest BCUT2D eigenvalue weighted by Gasteiger charge is 2.30. The number of nitrogens with zero attached hydrogens (tertiary/aromatic N) is 1. The summed E-state index contributed by atoms with van der Waals surface area (Å²) in [6, 6.07) is 13.7. The monoisotopic (exact) mass is 496 g/mol. The van der Waals surface area contributed by atoms with Gasteiger partial charge in [0, 0.05) is 22.9 Å². The molecule has 1 aliphatic rings. The van der Waals surface area contributed by atoms with E-state index in [1.807, 2.05) is 5.38 Å². The number of hydrogen-bond donors (Lipinski definition) is 2. The standard InChI is InChI=1S/C27H32N2O3S2/c1-27(2,3)21-12-9-18(10-13-21)17-5-7-19(8-6-17)25-28-24(16-33-25)34-29-22-14-11-20(26(30)31)15-23(22)32-4/h5-8,11,14-16,18,21,29H,9-10,12-13H2,1-4H3,(H,30,31). The third kappa shape index (κ3) is 5.76. The topological polar surface area (TPSA) is 71.5 Å². The molecule has 1 saturated carbocycles. The van der Waals surface area contributed by atoms with Crippen molar-refractivity contribution in [3.05, 3.63) is 59.0 Å². The molecule has 1 aromatic heterocycles. The number of methoxy groups -OCH3 is 1. The van der Waals surface area contributed by atoms with Crippen LogP contribution in [0.4, 0.5) is 5.69 Å². The van der Waals surface area contributed by atoms with Gasteiger partial charge in [-0.3, -0.25) is 0 Å². The minimum absolute atomic E-state index is 0.189. The Bertz CT molecular complexity index is 1130. The third-order valence-corrected chi connectivity index (χ3v) is 8.56. The number of aromatic carboxylic acids is 1. The van der Waals surface area contributed by atoms with E-state index < -0.39 is 5.97 Å². The van der Waals surface area contributed by atoms with Crippen LogP contribution in [0.15, 0.2) is 52.9 Å². The van der Waals surface area contributed by atoms with Crippen LogP contribution in [0.1, 0.15) is 68.3 Å². The van der Waals surface area contributed by atoms with Gasteiger partial charge in [0.15, 0.2) is 0 Å². The molecule has 2 N–H and O–H groups in total. The van der Waals surface area contributed by atoms with Gasteiger partial charge in [-0.25, -0.2) is 9.78 Å². The van der Waals surface area contributed by atoms with E-state index in [1.54, 1.807) is 23.5 Å². The molecule has 34 heavy (non-hydrogen) atoms. The number of thiazole rings is 1. The maximum Gasteiger partial charge on any atom is 0.335 e. The first-order valence-electron chi connectivity index (χ1n) is 11.6. The average Bonchev–Trinajstić information content (AvgIpc) is 3.31. The van der Waals surface area contributed by atoms with Crippen LogP contribution in [0.5, 0.6) is 5.75 Å². The van der Waals surface area contributed by atoms with E-state index in [0.29, 0.717) is 22.8 Å². The second-order valence-corrected chi connectivity index (χ2v) is 11.6. The van der Waals surface area contributed by atoms with Gasteiger partial charge in [0.05, 0.1) is 18.4 Å². The molecule has 5 nitrogen and oxygen atoms in total. The quantitative estimate of drug-likeness (QED) is 0.323. The lowest BCUT2D eigenvalue weighted by Gasteiger charge is -2.37. The molecule has 0 radical (unpaired) electrons. The highest BCUT2D eigenvalue weighted by molar-refractivity contribution is 8.00. The molecule has 0 aliphatic heterocycles. The molecule has 0 amide bonds. The maximum atomic E-state index is 11.2. The Hall–Kier alpha value is -2.51. The van der Waals surface area contributed by atoms with Gasteiger partial charge in [-0.15, -0.1) is 11.3 Å². The van der Waals surface area contributed by atoms with Gasteiger partial charge in [0.1, 0.15) is 15.8 Å². The Labute approximate surface area is 210 Å². The highest BCUT2D eigenvalue weighted by atomic mass is 32.2. The van der Waals surface area contributed by atoms with Crippen LogP contribution in [0.3, 0.4) is 0 Å². The SMILES string of the molecule is COc1cc(C(=O)O)ccc1NSc1csc(-c2ccc(C3CCC(C(C)(C)C)CC3)cc2)n1. The van der Waals surface area contributed by atoms with Crippen LogP contribution in [-0.2, 0) is 0 Å². The summed E-state index contributed by atoms with van der Waals surface area (Å²) < 4.78 is 8.55. The van der Waals surface area contributed by atoms with Crippen LogP contribution < -0.4 is 9.46 Å². The Morgan fingerprint density at radius 1 is 1.12 bits per heavy atom. The van der Waals surface area contributed by atoms with Crippen LogP contribution in [-0.4, -0.2) is 23.2 Å². The number of ether oxygens (including phenoxy) is 1. The van der Waals surface area contributed by atoms with E-state index in [-0.39, 0.29) is 5.56 Å². The Morgan fingerprint density at radius 3 is 2.44 bits per heavy atom. The molecule has 1 heterocycles. The van der Waals surface area contributed by atoms with Crippen molar-refractivity contribution in [2.75, 3.05) is 11.8 Å². The summed E-state index contributed by atoms with van der Waals surface area (Å²) in [4.78, 5) is 15.9. The van der Waals surface area contributed by atoms with Gasteiger partial charge < -0.3 is 14.6 Å². The predicted octanol–water partition coefficient (Wildman–Crippen LogP) is 7.96. The first kappa shape index (κ1) is 24.6. The van der Waals surface area contributed by atoms with Crippen molar-refractivity contribution in [3.8, 4) is 16.3 Å². The van der Waals surface area contributed by atoms with Gasteiger partial charge >= 0.3 is 5.97 Å². The number of anilines is 1. The zero-order valence-electron chi connectivity index (χ0n) is 20.1. The maximum absolute atomic E-state index is 11.2. The molecular weight excluding hydrogens is 464 g/mol. The van der Waals surface area contributed by atoms with E-state index >= 15 is 0 Å². The molecule has 1 fully saturated rings. The number of carboxylic acid groups (broad SMARTS) is 1. The van der Waals surface area contributed by atoms with Crippen molar-refractivity contribution < 1.29 is 14.6 Å². The second kappa shape index (κ2) is 10.4. The van der Waals surface area contributed by atoms with Gasteiger partial charge in [0.25, 0.3) is 0 Å². The van der Waals surface area contributed by atoms with Crippen LogP contribution in [0, 0.1) is 11.3 Å². The van der Waals surface area contributed by atoms with E-state index in [1.165, 1.54) is 56.4 Å². The number of benzene rings is 2. The Kier molecular flexibility index (Phi) is 7.53. The molecule has 3 aromatic rings. The summed E-state index contributed by atoms with van der Waals surface area (Å²) in [5, 5.41) is 13.0. The smallest absolute Gasteiger partial charge is 0.335 e. The molecule has 180 valence electrons. The highest BCUT2D eigenvalue weighted by Crippen LogP contribution is 2.43. The summed E-state index contributed by atoms with van der Waals surface area (Å²) in [6.07, 6.45) is 5.20. The lowest BCUT2D eigenvalue weighted by Crippen LogP contribution is -2.25. The van der Waals surface area contributed by atoms with Crippen molar-refractivity contribution in [2.45, 2.75) is 57.4 Å². The molecule has 0 unspecified atom stereocenters. The largest absolute Gasteiger partial charge is 0.495 e. The van der Waals surface area contributed by atoms with E-state index in [0.717, 1.165) is 21.5 Å². The third-order valence-electron chi connectivity index (χ3n) is 6.78. The van der Waals surface area contributed by atoms with Crippen molar-refractivity contribution in [3.63, 3.8) is 0 Å². The summed E-state index contributed by atoms with van der Waals surface area (Å²) in [6.45, 7) is 7.11. The van der Waals surface area contributed by atoms with E-state index in [9.17, 15) is 4.79 Å². The van der Waals surface area contributed by atoms with Gasteiger partial charge in [-0.05, 0) is 66.7 Å². The van der Waals surface area contributed by atoms with E-state index in [2.05, 4.69) is 49.8 Å². The first-order chi connectivity index (χ1) is 16.2. The van der Waals surface area contributed by atoms with E-state index in [4.69, 9.17) is 14.8 Å². The number of carbonyl (C=O) groups is 1. The van der Waals surface area contributed by atoms with Crippen LogP contribution in [0.25, 0.3) is 10.6 Å². The Morgan fingerprint density at radius 2 is 1.82 bits per heavy atom. The lowest BCUT2D eigenvalue weighted by molar-refractivity contribution is 0.0696. The number of carboxylic acids is 1. The number of aromatic nitrogens is 1. The predicted molar refractivity (Wildman–Crippen MR) is 141 cm³/mol. The molecule has 0 spiro atoms. The number of nitrogens with one attached hydrogen (secondary N) is 1. The minimum Gasteiger partial charge on any atom is -0.495 e. The second-order valence-electron chi connectivity index (χ2n) is 9.95. The fourth-order valence-corrected chi connectivity index (χ4v) is 6.25. The van der Waals surface area contributed by atoms with Gasteiger partial charge in [0.2, 0.25) is 0 Å². The number of hydrogen-bond acceptors (Lipinski definition) is 6. The molecule has 4 rings (SSSR count). The van der Waals surface area contributed by atoms with Gasteiger partial charge in [-0.1, -0.05) is 45.0 Å². The molecule has 7 heteroatoms. The fourth-order valence-electron chi connectivity index (χ4n) is 4.64. The molecule has 2 aromatic carbocycles. The van der Waals surface area contributed by atoms with Crippen molar-refractivity contribution in [2.24, 2.45) is 11.3 Å². The molecular formula is C27H32N2O3S2. The van der Waals surface area contributed by atoms with Crippen molar-refractivity contribution >= 4 is 34.9 Å². The molecule has 1 aliphatic carbocycles. The normalized spacial score (nSPS) is 18.5. The zero-order valence-corrected chi connectivity index (χ0v) is 21.8. The zero-order chi connectivity index (χ0) is 24.3. The van der Waals surface area contributed by atoms with Crippen molar-refractivity contribution in [1.82, 2.24) is 4.98 Å². The average molecular weight is 497 g/mol. The fraction of sp³-hybridized carbons (Fsp3) is 0.407. The minimum atomic E-state index is -0.981. The summed E-state index contributed by atoms with van der Waals surface area (Å²) in [7, 11) is 1.53. The first-order valence-corrected chi connectivity index (χ1v) is 13.3. The summed E-state index contributed by atoms with van der Waals surface area (Å²) in [5.74, 6) is 1.000.